The molecule has 16 nitrogen and oxygen atoms in total. The molecule has 346 valence electrons. The Hall–Kier alpha value is -6.23. The van der Waals surface area contributed by atoms with Crippen LogP contribution in [0.4, 0.5) is 32.2 Å². The fourth-order valence-corrected chi connectivity index (χ4v) is 6.96. The Morgan fingerprint density at radius 2 is 1.28 bits per heavy atom. The molecule has 1 aromatic heterocycles. The molecule has 0 spiro atoms. The number of methoxy groups -OCH3 is 2. The number of anilines is 1. The summed E-state index contributed by atoms with van der Waals surface area (Å²) >= 11 is 0. The number of nitrogens with two attached hydrogens (primary N) is 1. The zero-order chi connectivity index (χ0) is 46.7. The normalized spacial score (nSPS) is 16.6. The van der Waals surface area contributed by atoms with Crippen molar-refractivity contribution in [3.8, 4) is 11.5 Å². The molecule has 5 rings (SSSR count). The van der Waals surface area contributed by atoms with Crippen molar-refractivity contribution in [2.75, 3.05) is 65.8 Å². The maximum Gasteiger partial charge on any atom is 0.471 e. The van der Waals surface area contributed by atoms with E-state index in [2.05, 4.69) is 10.3 Å². The number of hydrogen-bond acceptors (Lipinski definition) is 12. The van der Waals surface area contributed by atoms with Crippen molar-refractivity contribution in [3.05, 3.63) is 118 Å². The summed E-state index contributed by atoms with van der Waals surface area (Å²) in [6.07, 6.45) is -12.7. The predicted molar refractivity (Wildman–Crippen MR) is 217 cm³/mol. The summed E-state index contributed by atoms with van der Waals surface area (Å²) in [6, 6.07) is 24.1. The average Bonchev–Trinajstić information content (AvgIpc) is 3.63. The molecule has 0 radical (unpaired) electrons. The minimum atomic E-state index is -5.16. The summed E-state index contributed by atoms with van der Waals surface area (Å²) in [7, 11) is 3.11. The van der Waals surface area contributed by atoms with Crippen molar-refractivity contribution < 1.29 is 64.8 Å². The molecule has 3 atom stereocenters. The van der Waals surface area contributed by atoms with Gasteiger partial charge >= 0.3 is 29.9 Å². The Kier molecular flexibility index (Phi) is 16.3. The summed E-state index contributed by atoms with van der Waals surface area (Å²) in [6.45, 7) is -2.13. The molecule has 4 aromatic rings. The third-order valence-corrected chi connectivity index (χ3v) is 10.3. The van der Waals surface area contributed by atoms with Crippen LogP contribution in [0.2, 0.25) is 0 Å². The number of amides is 3. The molecule has 0 saturated carbocycles. The van der Waals surface area contributed by atoms with Crippen LogP contribution in [-0.2, 0) is 35.9 Å². The molecule has 64 heavy (non-hydrogen) atoms. The lowest BCUT2D eigenvalue weighted by atomic mass is 9.80. The first-order chi connectivity index (χ1) is 30.3. The van der Waals surface area contributed by atoms with Gasteiger partial charge in [-0.15, -0.1) is 0 Å². The standard InChI is InChI=1S/C42H47F6N7O9/c1-61-30-12-8-28(9-13-30)40(27-6-4-3-5-7-27,29-10-14-31(62-2)15-11-29)63-25-33-32(56)23-35(64-33)55-24-26(36(49)53-39(55)60)22-34(57)50-16-19-54(20-17-51-37(58)41(43,44)45)21-18-52-38(59)42(46,47)48/h3-15,24,32-33,35,56H,16-23,25H2,1-2H3,(H,50,57)(H,51,58)(H,52,59)(H2,49,53,60)/t32-,33+,35+/m0/s1. The lowest BCUT2D eigenvalue weighted by Gasteiger charge is -2.37. The fraction of sp³-hybridized carbons (Fsp3) is 0.405. The van der Waals surface area contributed by atoms with Gasteiger partial charge in [0.2, 0.25) is 5.91 Å². The minimum Gasteiger partial charge on any atom is -0.497 e. The summed E-state index contributed by atoms with van der Waals surface area (Å²) in [4.78, 5) is 53.7. The number of nitrogens with zero attached hydrogens (tertiary/aromatic N) is 3. The van der Waals surface area contributed by atoms with E-state index >= 15 is 0 Å². The van der Waals surface area contributed by atoms with Crippen molar-refractivity contribution in [3.63, 3.8) is 0 Å². The van der Waals surface area contributed by atoms with Crippen molar-refractivity contribution in [1.82, 2.24) is 30.4 Å². The number of alkyl halides is 6. The zero-order valence-corrected chi connectivity index (χ0v) is 34.6. The molecule has 3 amide bonds. The third-order valence-electron chi connectivity index (χ3n) is 10.3. The topological polar surface area (TPSA) is 209 Å². The highest BCUT2D eigenvalue weighted by Gasteiger charge is 2.43. The predicted octanol–water partition coefficient (Wildman–Crippen LogP) is 2.82. The van der Waals surface area contributed by atoms with Gasteiger partial charge in [0.15, 0.2) is 0 Å². The highest BCUT2D eigenvalue weighted by molar-refractivity contribution is 5.82. The Bertz CT molecular complexity index is 2170. The quantitative estimate of drug-likeness (QED) is 0.0641. The van der Waals surface area contributed by atoms with E-state index in [0.717, 1.165) is 21.3 Å². The van der Waals surface area contributed by atoms with Crippen LogP contribution in [0.1, 0.15) is 34.9 Å². The van der Waals surface area contributed by atoms with Gasteiger partial charge in [-0.2, -0.15) is 31.3 Å². The van der Waals surface area contributed by atoms with Gasteiger partial charge in [0.25, 0.3) is 0 Å². The smallest absolute Gasteiger partial charge is 0.471 e. The maximum atomic E-state index is 13.1. The van der Waals surface area contributed by atoms with E-state index in [1.807, 2.05) is 54.6 Å². The molecular formula is C42H47F6N7O9. The second kappa shape index (κ2) is 21.4. The van der Waals surface area contributed by atoms with E-state index in [0.29, 0.717) is 11.5 Å². The van der Waals surface area contributed by atoms with Crippen LogP contribution in [0, 0.1) is 0 Å². The number of benzene rings is 3. The van der Waals surface area contributed by atoms with Gasteiger partial charge in [-0.1, -0.05) is 54.6 Å². The monoisotopic (exact) mass is 907 g/mol. The van der Waals surface area contributed by atoms with Crippen molar-refractivity contribution in [2.45, 2.75) is 49.2 Å². The van der Waals surface area contributed by atoms with Gasteiger partial charge in [0, 0.05) is 57.4 Å². The third kappa shape index (κ3) is 12.5. The first-order valence-corrected chi connectivity index (χ1v) is 19.7. The van der Waals surface area contributed by atoms with E-state index < -0.39 is 79.3 Å². The number of nitrogen functional groups attached to an aromatic ring is 1. The van der Waals surface area contributed by atoms with Gasteiger partial charge in [-0.3, -0.25) is 23.9 Å². The summed E-state index contributed by atoms with van der Waals surface area (Å²) < 4.78 is 101. The number of aliphatic hydroxyl groups is 1. The summed E-state index contributed by atoms with van der Waals surface area (Å²) in [5, 5.41) is 17.1. The molecule has 22 heteroatoms. The van der Waals surface area contributed by atoms with Crippen molar-refractivity contribution in [1.29, 1.82) is 0 Å². The number of rotatable bonds is 20. The lowest BCUT2D eigenvalue weighted by molar-refractivity contribution is -0.173. The zero-order valence-electron chi connectivity index (χ0n) is 34.6. The molecule has 6 N–H and O–H groups in total. The van der Waals surface area contributed by atoms with E-state index in [4.69, 9.17) is 24.7 Å². The maximum absolute atomic E-state index is 13.1. The Labute approximate surface area is 362 Å². The minimum absolute atomic E-state index is 0.0722. The van der Waals surface area contributed by atoms with E-state index in [9.17, 15) is 50.6 Å². The fourth-order valence-electron chi connectivity index (χ4n) is 6.96. The highest BCUT2D eigenvalue weighted by Crippen LogP contribution is 2.43. The number of aromatic nitrogens is 2. The first-order valence-electron chi connectivity index (χ1n) is 19.7. The van der Waals surface area contributed by atoms with Crippen LogP contribution in [0.5, 0.6) is 11.5 Å². The molecule has 1 aliphatic rings. The van der Waals surface area contributed by atoms with E-state index in [-0.39, 0.29) is 50.6 Å². The molecule has 2 heterocycles. The highest BCUT2D eigenvalue weighted by atomic mass is 19.4. The molecule has 0 bridgehead atoms. The van der Waals surface area contributed by atoms with Crippen molar-refractivity contribution >= 4 is 23.5 Å². The Balaban J connectivity index is 1.27. The van der Waals surface area contributed by atoms with Crippen molar-refractivity contribution in [2.24, 2.45) is 0 Å². The van der Waals surface area contributed by atoms with Gasteiger partial charge in [-0.25, -0.2) is 4.79 Å². The molecule has 3 aromatic carbocycles. The van der Waals surface area contributed by atoms with Crippen LogP contribution < -0.4 is 36.8 Å². The summed E-state index contributed by atoms with van der Waals surface area (Å²) in [5.41, 5.74) is 6.25. The lowest BCUT2D eigenvalue weighted by Crippen LogP contribution is -2.46. The van der Waals surface area contributed by atoms with Crippen LogP contribution >= 0.6 is 0 Å². The molecular weight excluding hydrogens is 860 g/mol. The number of aliphatic hydroxyl groups excluding tert-OH is 1. The molecule has 1 aliphatic heterocycles. The molecule has 0 aliphatic carbocycles. The first kappa shape index (κ1) is 48.8. The van der Waals surface area contributed by atoms with Crippen LogP contribution in [0.25, 0.3) is 0 Å². The molecule has 1 fully saturated rings. The summed E-state index contributed by atoms with van der Waals surface area (Å²) in [5.74, 6) is -4.14. The van der Waals surface area contributed by atoms with Crippen LogP contribution in [-0.4, -0.2) is 122 Å². The number of nitrogens with one attached hydrogen (secondary N) is 3. The van der Waals surface area contributed by atoms with Gasteiger partial charge in [-0.05, 0) is 41.0 Å². The van der Waals surface area contributed by atoms with E-state index in [1.165, 1.54) is 11.1 Å². The SMILES string of the molecule is COc1ccc(C(OC[C@H]2O[C@@H](n3cc(CC(=O)NCCN(CCNC(=O)C(F)(F)F)CCNC(=O)C(F)(F)F)c(N)nc3=O)C[C@@H]2O)(c2ccccc2)c2ccc(OC)cc2)cc1. The number of carbonyl (C=O) groups excluding carboxylic acids is 3. The van der Waals surface area contributed by atoms with Gasteiger partial charge < -0.3 is 45.7 Å². The second-order valence-electron chi connectivity index (χ2n) is 14.5. The number of carbonyl (C=O) groups is 3. The van der Waals surface area contributed by atoms with E-state index in [1.54, 1.807) is 49.1 Å². The van der Waals surface area contributed by atoms with Crippen LogP contribution in [0.3, 0.4) is 0 Å². The average molecular weight is 908 g/mol. The van der Waals surface area contributed by atoms with Gasteiger partial charge in [0.1, 0.15) is 35.2 Å². The Morgan fingerprint density at radius 1 is 0.797 bits per heavy atom. The number of halogens is 6. The Morgan fingerprint density at radius 3 is 1.77 bits per heavy atom. The largest absolute Gasteiger partial charge is 0.497 e. The van der Waals surface area contributed by atoms with Gasteiger partial charge in [0.05, 0.1) is 33.4 Å². The number of ether oxygens (including phenoxy) is 4. The number of hydrogen-bond donors (Lipinski definition) is 5. The molecule has 1 saturated heterocycles. The van der Waals surface area contributed by atoms with Crippen LogP contribution in [0.15, 0.2) is 89.9 Å². The molecule has 0 unspecified atom stereocenters. The second-order valence-corrected chi connectivity index (χ2v) is 14.5.